The van der Waals surface area contributed by atoms with Gasteiger partial charge in [0.15, 0.2) is 0 Å². The fraction of sp³-hybridized carbons (Fsp3) is 0.130. The minimum absolute atomic E-state index is 0.0510. The number of rotatable bonds is 5. The van der Waals surface area contributed by atoms with Crippen LogP contribution in [0.5, 0.6) is 0 Å². The molecular weight excluding hydrogens is 421 g/mol. The van der Waals surface area contributed by atoms with Crippen molar-refractivity contribution in [2.24, 2.45) is 4.99 Å². The van der Waals surface area contributed by atoms with Crippen LogP contribution in [0.15, 0.2) is 72.0 Å². The second-order valence-electron chi connectivity index (χ2n) is 6.87. The first-order valence-corrected chi connectivity index (χ1v) is 9.87. The van der Waals surface area contributed by atoms with Gasteiger partial charge in [0.25, 0.3) is 0 Å². The number of nitrogens with zero attached hydrogens (tertiary/aromatic N) is 2. The Labute approximate surface area is 182 Å². The molecule has 156 valence electrons. The number of amides is 1. The number of carbonyl (C=O) groups excluding carboxylic acids is 2. The fourth-order valence-electron chi connectivity index (χ4n) is 3.19. The number of esters is 1. The van der Waals surface area contributed by atoms with Gasteiger partial charge in [0.05, 0.1) is 17.8 Å². The largest absolute Gasteiger partial charge is 0.461 e. The van der Waals surface area contributed by atoms with Crippen LogP contribution in [0.4, 0.5) is 10.1 Å². The number of hydrogen-bond acceptors (Lipinski definition) is 5. The minimum Gasteiger partial charge on any atom is -0.461 e. The van der Waals surface area contributed by atoms with E-state index < -0.39 is 23.7 Å². The number of pyridine rings is 1. The van der Waals surface area contributed by atoms with E-state index in [0.29, 0.717) is 16.3 Å². The fourth-order valence-corrected chi connectivity index (χ4v) is 3.36. The third-order valence-corrected chi connectivity index (χ3v) is 4.96. The molecule has 0 saturated heterocycles. The van der Waals surface area contributed by atoms with Crippen LogP contribution in [0, 0.1) is 5.82 Å². The topological polar surface area (TPSA) is 80.7 Å². The molecule has 0 saturated carbocycles. The summed E-state index contributed by atoms with van der Waals surface area (Å²) in [5.41, 5.74) is 2.12. The van der Waals surface area contributed by atoms with Crippen molar-refractivity contribution in [3.8, 4) is 0 Å². The molecule has 0 unspecified atom stereocenters. The maximum absolute atomic E-state index is 14.6. The van der Waals surface area contributed by atoms with E-state index in [2.05, 4.69) is 15.3 Å². The summed E-state index contributed by atoms with van der Waals surface area (Å²) in [5.74, 6) is -1.59. The van der Waals surface area contributed by atoms with Gasteiger partial charge in [0.2, 0.25) is 5.91 Å². The van der Waals surface area contributed by atoms with Crippen LogP contribution < -0.4 is 5.32 Å². The number of nitrogens with one attached hydrogen (secondary N) is 1. The number of fused-ring (bicyclic) bond motifs is 1. The summed E-state index contributed by atoms with van der Waals surface area (Å²) < 4.78 is 19.9. The van der Waals surface area contributed by atoms with Crippen molar-refractivity contribution >= 4 is 34.9 Å². The molecule has 1 atom stereocenters. The van der Waals surface area contributed by atoms with E-state index in [4.69, 9.17) is 16.3 Å². The Kier molecular flexibility index (Phi) is 6.04. The van der Waals surface area contributed by atoms with Gasteiger partial charge < -0.3 is 10.1 Å². The van der Waals surface area contributed by atoms with Crippen molar-refractivity contribution in [1.82, 2.24) is 4.98 Å². The van der Waals surface area contributed by atoms with Gasteiger partial charge in [-0.25, -0.2) is 4.39 Å². The van der Waals surface area contributed by atoms with Gasteiger partial charge in [-0.2, -0.15) is 0 Å². The Hall–Kier alpha value is -3.58. The summed E-state index contributed by atoms with van der Waals surface area (Å²) >= 11 is 6.14. The van der Waals surface area contributed by atoms with Crippen LogP contribution in [0.1, 0.15) is 23.1 Å². The molecule has 6 nitrogen and oxygen atoms in total. The number of halogens is 2. The molecule has 1 aromatic heterocycles. The Bertz CT molecular complexity index is 1170. The highest BCUT2D eigenvalue weighted by molar-refractivity contribution is 6.32. The van der Waals surface area contributed by atoms with Crippen LogP contribution in [0.3, 0.4) is 0 Å². The molecule has 2 aromatic carbocycles. The molecule has 1 N–H and O–H groups in total. The molecule has 0 aliphatic carbocycles. The molecule has 0 fully saturated rings. The molecule has 0 radical (unpaired) electrons. The second-order valence-corrected chi connectivity index (χ2v) is 7.31. The molecule has 3 aromatic rings. The van der Waals surface area contributed by atoms with E-state index in [-0.39, 0.29) is 24.3 Å². The van der Waals surface area contributed by atoms with Crippen LogP contribution >= 0.6 is 11.6 Å². The molecule has 1 aliphatic heterocycles. The Morgan fingerprint density at radius 1 is 1.10 bits per heavy atom. The number of benzodiazepines with no additional fused rings is 1. The molecule has 31 heavy (non-hydrogen) atoms. The third-order valence-electron chi connectivity index (χ3n) is 4.72. The highest BCUT2D eigenvalue weighted by Crippen LogP contribution is 2.28. The number of aromatic nitrogens is 1. The van der Waals surface area contributed by atoms with E-state index in [9.17, 15) is 14.0 Å². The van der Waals surface area contributed by atoms with Crippen molar-refractivity contribution in [1.29, 1.82) is 0 Å². The first-order chi connectivity index (χ1) is 15.0. The first kappa shape index (κ1) is 20.7. The Balaban J connectivity index is 1.64. The molecular formula is C23H17ClFN3O3. The molecule has 4 rings (SSSR count). The SMILES string of the molecule is O=C(C[C@@H]1N=C(c2ccccc2F)c2cc(Cl)ccc2NC1=O)OCc1ccncc1. The zero-order valence-corrected chi connectivity index (χ0v) is 17.0. The van der Waals surface area contributed by atoms with E-state index in [1.165, 1.54) is 6.07 Å². The van der Waals surface area contributed by atoms with Gasteiger partial charge in [-0.3, -0.25) is 19.6 Å². The van der Waals surface area contributed by atoms with Crippen LogP contribution in [-0.4, -0.2) is 28.6 Å². The predicted molar refractivity (Wildman–Crippen MR) is 115 cm³/mol. The van der Waals surface area contributed by atoms with Gasteiger partial charge in [0, 0.05) is 28.5 Å². The van der Waals surface area contributed by atoms with Crippen LogP contribution in [0.25, 0.3) is 0 Å². The maximum atomic E-state index is 14.6. The number of aliphatic imine (C=N–C) groups is 1. The van der Waals surface area contributed by atoms with Crippen molar-refractivity contribution in [2.45, 2.75) is 19.1 Å². The van der Waals surface area contributed by atoms with Gasteiger partial charge in [-0.15, -0.1) is 0 Å². The highest BCUT2D eigenvalue weighted by Gasteiger charge is 2.29. The van der Waals surface area contributed by atoms with Gasteiger partial charge in [-0.1, -0.05) is 23.7 Å². The van der Waals surface area contributed by atoms with E-state index in [0.717, 1.165) is 5.56 Å². The van der Waals surface area contributed by atoms with Gasteiger partial charge in [-0.05, 0) is 48.0 Å². The van der Waals surface area contributed by atoms with Gasteiger partial charge in [0.1, 0.15) is 18.5 Å². The normalized spacial score (nSPS) is 15.4. The van der Waals surface area contributed by atoms with Crippen LogP contribution in [-0.2, 0) is 20.9 Å². The lowest BCUT2D eigenvalue weighted by Gasteiger charge is -2.11. The van der Waals surface area contributed by atoms with E-state index >= 15 is 0 Å². The summed E-state index contributed by atoms with van der Waals surface area (Å²) in [6.07, 6.45) is 2.89. The number of ether oxygens (including phenoxy) is 1. The Morgan fingerprint density at radius 2 is 1.87 bits per heavy atom. The summed E-state index contributed by atoms with van der Waals surface area (Å²) in [4.78, 5) is 33.5. The summed E-state index contributed by atoms with van der Waals surface area (Å²) in [7, 11) is 0. The van der Waals surface area contributed by atoms with Crippen LogP contribution in [0.2, 0.25) is 5.02 Å². The molecule has 0 bridgehead atoms. The monoisotopic (exact) mass is 437 g/mol. The van der Waals surface area contributed by atoms with Crippen molar-refractivity contribution < 1.29 is 18.7 Å². The van der Waals surface area contributed by atoms with Crippen molar-refractivity contribution in [3.63, 3.8) is 0 Å². The molecule has 8 heteroatoms. The lowest BCUT2D eigenvalue weighted by Crippen LogP contribution is -2.28. The predicted octanol–water partition coefficient (Wildman–Crippen LogP) is 4.17. The standard InChI is InChI=1S/C23H17ClFN3O3/c24-15-5-6-19-17(11-15)22(16-3-1-2-4-18(16)25)27-20(23(30)28-19)12-21(29)31-13-14-7-9-26-10-8-14/h1-11,20H,12-13H2,(H,28,30)/t20-/m0/s1. The highest BCUT2D eigenvalue weighted by atomic mass is 35.5. The zero-order chi connectivity index (χ0) is 21.8. The lowest BCUT2D eigenvalue weighted by molar-refractivity contribution is -0.146. The second kappa shape index (κ2) is 9.06. The number of hydrogen-bond donors (Lipinski definition) is 1. The van der Waals surface area contributed by atoms with Gasteiger partial charge >= 0.3 is 5.97 Å². The molecule has 0 spiro atoms. The maximum Gasteiger partial charge on any atom is 0.308 e. The number of anilines is 1. The summed E-state index contributed by atoms with van der Waals surface area (Å²) in [5, 5.41) is 3.16. The Morgan fingerprint density at radius 3 is 2.65 bits per heavy atom. The third kappa shape index (κ3) is 4.78. The average molecular weight is 438 g/mol. The number of benzene rings is 2. The van der Waals surface area contributed by atoms with E-state index in [1.54, 1.807) is 60.9 Å². The smallest absolute Gasteiger partial charge is 0.308 e. The van der Waals surface area contributed by atoms with E-state index in [1.807, 2.05) is 0 Å². The average Bonchev–Trinajstić information content (AvgIpc) is 2.90. The zero-order valence-electron chi connectivity index (χ0n) is 16.2. The van der Waals surface area contributed by atoms with Crippen molar-refractivity contribution in [3.05, 3.63) is 94.5 Å². The van der Waals surface area contributed by atoms with Crippen molar-refractivity contribution in [2.75, 3.05) is 5.32 Å². The summed E-state index contributed by atoms with van der Waals surface area (Å²) in [6.45, 7) is 0.0510. The first-order valence-electron chi connectivity index (χ1n) is 9.49. The minimum atomic E-state index is -1.09. The lowest BCUT2D eigenvalue weighted by atomic mass is 10.00. The molecule has 2 heterocycles. The summed E-state index contributed by atoms with van der Waals surface area (Å²) in [6, 6.07) is 13.3. The molecule has 1 aliphatic rings. The molecule has 1 amide bonds. The quantitative estimate of drug-likeness (QED) is 0.607. The number of carbonyl (C=O) groups is 2.